The molecule has 0 aromatic rings. The molecule has 0 unspecified atom stereocenters. The molecule has 1 heterocycles. The van der Waals surface area contributed by atoms with Gasteiger partial charge in [-0.2, -0.15) is 8.42 Å². The maximum absolute atomic E-state index is 11.2. The molecule has 12 nitrogen and oxygen atoms in total. The molecule has 0 amide bonds. The van der Waals surface area contributed by atoms with Gasteiger partial charge in [0.1, 0.15) is 44.7 Å². The Bertz CT molecular complexity index is 690. The van der Waals surface area contributed by atoms with Crippen LogP contribution < -0.4 is 0 Å². The van der Waals surface area contributed by atoms with Gasteiger partial charge in [0.15, 0.2) is 0 Å². The van der Waals surface area contributed by atoms with Crippen LogP contribution in [0.1, 0.15) is 12.8 Å². The third kappa shape index (κ3) is 8.01. The van der Waals surface area contributed by atoms with Gasteiger partial charge in [0.2, 0.25) is 0 Å². The van der Waals surface area contributed by atoms with Gasteiger partial charge in [-0.25, -0.2) is 12.7 Å². The summed E-state index contributed by atoms with van der Waals surface area (Å²) in [6.45, 7) is -0.663. The molecule has 1 aliphatic rings. The number of sulfone groups is 1. The summed E-state index contributed by atoms with van der Waals surface area (Å²) in [6, 6.07) is 0. The van der Waals surface area contributed by atoms with E-state index in [1.807, 2.05) is 0 Å². The second-order valence-corrected chi connectivity index (χ2v) is 9.97. The third-order valence-corrected chi connectivity index (χ3v) is 5.71. The van der Waals surface area contributed by atoms with Crippen LogP contribution in [0, 0.1) is 0 Å². The average molecular weight is 439 g/mol. The fourth-order valence-electron chi connectivity index (χ4n) is 2.00. The molecule has 1 rings (SSSR count). The highest BCUT2D eigenvalue weighted by Crippen LogP contribution is 2.30. The Morgan fingerprint density at radius 3 is 2.27 bits per heavy atom. The van der Waals surface area contributed by atoms with E-state index in [1.165, 1.54) is 0 Å². The second kappa shape index (κ2) is 9.61. The van der Waals surface area contributed by atoms with Crippen LogP contribution in [-0.2, 0) is 29.3 Å². The summed E-state index contributed by atoms with van der Waals surface area (Å²) in [5.41, 5.74) is -1.27. The summed E-state index contributed by atoms with van der Waals surface area (Å²) in [5.74, 6) is -0.243. The number of ether oxygens (including phenoxy) is 1. The van der Waals surface area contributed by atoms with E-state index in [9.17, 15) is 32.2 Å². The molecule has 1 aliphatic heterocycles. The Morgan fingerprint density at radius 1 is 1.15 bits per heavy atom. The lowest BCUT2D eigenvalue weighted by Gasteiger charge is -2.39. The zero-order valence-corrected chi connectivity index (χ0v) is 16.0. The van der Waals surface area contributed by atoms with Crippen LogP contribution in [0.3, 0.4) is 0 Å². The van der Waals surface area contributed by atoms with Crippen molar-refractivity contribution in [2.75, 3.05) is 18.6 Å². The average Bonchev–Trinajstić information content (AvgIpc) is 2.50. The molecule has 0 radical (unpaired) electrons. The Balaban J connectivity index is 2.88. The summed E-state index contributed by atoms with van der Waals surface area (Å²) in [4.78, 5) is 0. The van der Waals surface area contributed by atoms with Gasteiger partial charge in [-0.3, -0.25) is 4.55 Å². The largest absolute Gasteiger partial charge is 0.466 e. The van der Waals surface area contributed by atoms with E-state index in [1.54, 1.807) is 0 Å². The van der Waals surface area contributed by atoms with Crippen LogP contribution in [0.25, 0.3) is 0 Å². The molecule has 0 aromatic carbocycles. The predicted octanol–water partition coefficient (Wildman–Crippen LogP) is -2.52. The monoisotopic (exact) mass is 439 g/mol. The first-order valence-corrected chi connectivity index (χ1v) is 11.5. The standard InChI is InChI=1S/C11H21NO11S3/c1-25(17,18)4-2-3-7(12-23-26(19,20)21)24-11-10(16)9(15)8(14)6(5-13)22-11/h6,8-11,13-16H,2-5H2,1H3,(H,19,20,21)/b12-7-/t6-,8-,9+,10+,11+/m0/s1. The lowest BCUT2D eigenvalue weighted by molar-refractivity contribution is -0.205. The zero-order chi connectivity index (χ0) is 20.1. The van der Waals surface area contributed by atoms with Crippen LogP contribution in [0.4, 0.5) is 0 Å². The second-order valence-electron chi connectivity index (χ2n) is 5.54. The van der Waals surface area contributed by atoms with Gasteiger partial charge in [-0.1, -0.05) is 16.9 Å². The number of oxime groups is 1. The van der Waals surface area contributed by atoms with Crippen LogP contribution in [0.2, 0.25) is 0 Å². The number of rotatable bonds is 8. The van der Waals surface area contributed by atoms with Crippen molar-refractivity contribution in [2.45, 2.75) is 42.7 Å². The van der Waals surface area contributed by atoms with E-state index in [2.05, 4.69) is 9.44 Å². The minimum Gasteiger partial charge on any atom is -0.394 e. The SMILES string of the molecule is CS(=O)(=O)CCC/C(=N/OS(=O)(=O)O)S[C@H]1O[C@@H](CO)[C@H](O)[C@@H](O)[C@H]1O. The van der Waals surface area contributed by atoms with Crippen molar-refractivity contribution < 1.29 is 50.8 Å². The summed E-state index contributed by atoms with van der Waals surface area (Å²) >= 11 is 0.590. The number of hydrogen-bond acceptors (Lipinski definition) is 12. The maximum atomic E-state index is 11.2. The summed E-state index contributed by atoms with van der Waals surface area (Å²) < 4.78 is 61.4. The number of nitrogens with zero attached hydrogens (tertiary/aromatic N) is 1. The van der Waals surface area contributed by atoms with Gasteiger partial charge in [-0.15, -0.1) is 0 Å². The zero-order valence-electron chi connectivity index (χ0n) is 13.6. The summed E-state index contributed by atoms with van der Waals surface area (Å²) in [5, 5.41) is 41.6. The molecule has 1 saturated heterocycles. The maximum Gasteiger partial charge on any atom is 0.466 e. The highest BCUT2D eigenvalue weighted by atomic mass is 32.3. The molecule has 0 aromatic heterocycles. The molecule has 15 heteroatoms. The Kier molecular flexibility index (Phi) is 8.69. The van der Waals surface area contributed by atoms with Gasteiger partial charge in [0.05, 0.1) is 12.4 Å². The van der Waals surface area contributed by atoms with E-state index in [4.69, 9.17) is 14.4 Å². The first-order chi connectivity index (χ1) is 11.8. The molecule has 0 bridgehead atoms. The van der Waals surface area contributed by atoms with E-state index in [0.29, 0.717) is 11.8 Å². The normalized spacial score (nSPS) is 31.0. The van der Waals surface area contributed by atoms with Crippen LogP contribution in [-0.4, -0.2) is 95.3 Å². The number of aliphatic hydroxyl groups is 4. The number of hydrogen-bond donors (Lipinski definition) is 5. The quantitative estimate of drug-likeness (QED) is 0.115. The molecule has 5 atom stereocenters. The van der Waals surface area contributed by atoms with E-state index < -0.39 is 56.7 Å². The topological polar surface area (TPSA) is 200 Å². The Morgan fingerprint density at radius 2 is 1.77 bits per heavy atom. The fourth-order valence-corrected chi connectivity index (χ4v) is 4.01. The van der Waals surface area contributed by atoms with Crippen molar-refractivity contribution in [1.29, 1.82) is 0 Å². The first kappa shape index (κ1) is 23.5. The third-order valence-electron chi connectivity index (χ3n) is 3.24. The Labute approximate surface area is 154 Å². The van der Waals surface area contributed by atoms with Crippen LogP contribution in [0.5, 0.6) is 0 Å². The smallest absolute Gasteiger partial charge is 0.394 e. The fraction of sp³-hybridized carbons (Fsp3) is 0.909. The summed E-state index contributed by atoms with van der Waals surface area (Å²) in [6.07, 6.45) is -5.12. The first-order valence-electron chi connectivity index (χ1n) is 7.22. The highest BCUT2D eigenvalue weighted by Gasteiger charge is 2.44. The molecular formula is C11H21NO11S3. The van der Waals surface area contributed by atoms with Crippen molar-refractivity contribution in [3.63, 3.8) is 0 Å². The van der Waals surface area contributed by atoms with E-state index >= 15 is 0 Å². The van der Waals surface area contributed by atoms with Crippen molar-refractivity contribution >= 4 is 37.0 Å². The number of aliphatic hydroxyl groups excluding tert-OH is 4. The van der Waals surface area contributed by atoms with Crippen molar-refractivity contribution in [2.24, 2.45) is 5.16 Å². The predicted molar refractivity (Wildman–Crippen MR) is 90.4 cm³/mol. The van der Waals surface area contributed by atoms with E-state index in [0.717, 1.165) is 6.26 Å². The van der Waals surface area contributed by atoms with Gasteiger partial charge >= 0.3 is 10.4 Å². The highest BCUT2D eigenvalue weighted by molar-refractivity contribution is 8.14. The summed E-state index contributed by atoms with van der Waals surface area (Å²) in [7, 11) is -8.21. The van der Waals surface area contributed by atoms with Gasteiger partial charge in [0, 0.05) is 12.7 Å². The molecule has 1 fully saturated rings. The molecule has 154 valence electrons. The van der Waals surface area contributed by atoms with Crippen molar-refractivity contribution in [3.8, 4) is 0 Å². The Hall–Kier alpha value is -0.520. The number of thioether (sulfide) groups is 1. The molecule has 5 N–H and O–H groups in total. The molecule has 26 heavy (non-hydrogen) atoms. The van der Waals surface area contributed by atoms with E-state index in [-0.39, 0.29) is 23.6 Å². The lowest BCUT2D eigenvalue weighted by atomic mass is 10.0. The van der Waals surface area contributed by atoms with Gasteiger partial charge in [-0.05, 0) is 6.42 Å². The minimum absolute atomic E-state index is 0.0247. The molecule has 0 aliphatic carbocycles. The van der Waals surface area contributed by atoms with Crippen LogP contribution in [0.15, 0.2) is 5.16 Å². The minimum atomic E-state index is -4.91. The van der Waals surface area contributed by atoms with Gasteiger partial charge in [0.25, 0.3) is 0 Å². The van der Waals surface area contributed by atoms with Crippen molar-refractivity contribution in [1.82, 2.24) is 0 Å². The lowest BCUT2D eigenvalue weighted by Crippen LogP contribution is -2.57. The molecule has 0 spiro atoms. The van der Waals surface area contributed by atoms with Gasteiger partial charge < -0.3 is 25.2 Å². The molecule has 0 saturated carbocycles. The van der Waals surface area contributed by atoms with Crippen LogP contribution >= 0.6 is 11.8 Å². The molecular weight excluding hydrogens is 418 g/mol. The van der Waals surface area contributed by atoms with Crippen molar-refractivity contribution in [3.05, 3.63) is 0 Å².